The van der Waals surface area contributed by atoms with Gasteiger partial charge in [-0.3, -0.25) is 13.9 Å². The Morgan fingerprint density at radius 2 is 1.58 bits per heavy atom. The predicted molar refractivity (Wildman–Crippen MR) is 105 cm³/mol. The summed E-state index contributed by atoms with van der Waals surface area (Å²) in [6.45, 7) is 5.82. The van der Waals surface area contributed by atoms with E-state index < -0.39 is 26.2 Å². The van der Waals surface area contributed by atoms with Gasteiger partial charge in [0.1, 0.15) is 0 Å². The lowest BCUT2D eigenvalue weighted by Crippen LogP contribution is -2.52. The Bertz CT molecular complexity index is 735. The molecule has 0 bridgehead atoms. The number of Topliss-reactive ketones (excluding diaryl/α,β-unsaturated/α-hetero) is 1. The summed E-state index contributed by atoms with van der Waals surface area (Å²) in [5.74, 6) is 0.0733. The van der Waals surface area contributed by atoms with Gasteiger partial charge in [0.25, 0.3) is 0 Å². The van der Waals surface area contributed by atoms with Gasteiger partial charge in [0.05, 0.1) is 12.6 Å². The molecule has 0 atom stereocenters. The third-order valence-electron chi connectivity index (χ3n) is 4.84. The van der Waals surface area contributed by atoms with Gasteiger partial charge in [-0.2, -0.15) is 12.0 Å². The van der Waals surface area contributed by atoms with Crippen molar-refractivity contribution in [3.63, 3.8) is 0 Å². The van der Waals surface area contributed by atoms with Crippen LogP contribution in [-0.4, -0.2) is 57.4 Å². The first-order chi connectivity index (χ1) is 12.0. The largest absolute Gasteiger partial charge is 0.409 e. The third-order valence-corrected chi connectivity index (χ3v) is 8.69. The van der Waals surface area contributed by atoms with Gasteiger partial charge in [-0.25, -0.2) is 0 Å². The van der Waals surface area contributed by atoms with E-state index in [1.165, 1.54) is 6.42 Å². The van der Waals surface area contributed by atoms with Crippen LogP contribution in [0.1, 0.15) is 43.5 Å². The van der Waals surface area contributed by atoms with Crippen LogP contribution in [0.2, 0.25) is 0 Å². The smallest absolute Gasteiger partial charge is 0.292 e. The van der Waals surface area contributed by atoms with Crippen LogP contribution in [-0.2, 0) is 18.2 Å². The molecule has 0 unspecified atom stereocenters. The number of piperidine rings is 1. The van der Waals surface area contributed by atoms with Crippen LogP contribution in [0.3, 0.4) is 0 Å². The number of benzene rings is 1. The third kappa shape index (κ3) is 4.86. The number of rotatable bonds is 7. The first-order valence-electron chi connectivity index (χ1n) is 8.64. The Labute approximate surface area is 158 Å². The van der Waals surface area contributed by atoms with Gasteiger partial charge in [-0.05, 0) is 64.4 Å². The second kappa shape index (κ2) is 7.98. The average Bonchev–Trinajstić information content (AvgIpc) is 2.61. The van der Waals surface area contributed by atoms with Crippen molar-refractivity contribution in [1.29, 1.82) is 0 Å². The van der Waals surface area contributed by atoms with Crippen molar-refractivity contribution >= 4 is 26.5 Å². The van der Waals surface area contributed by atoms with Gasteiger partial charge < -0.3 is 0 Å². The minimum atomic E-state index is -4.03. The molecule has 0 N–H and O–H groups in total. The quantitative estimate of drug-likeness (QED) is 0.650. The van der Waals surface area contributed by atoms with Crippen LogP contribution in [0, 0.1) is 0 Å². The Balaban J connectivity index is 2.19. The topological polar surface area (TPSA) is 72.9 Å². The number of hydrogen-bond acceptors (Lipinski definition) is 6. The van der Waals surface area contributed by atoms with E-state index in [1.807, 2.05) is 13.8 Å². The molecule has 0 amide bonds. The summed E-state index contributed by atoms with van der Waals surface area (Å²) >= 11 is 0. The minimum absolute atomic E-state index is 0.0733. The second-order valence-corrected chi connectivity index (χ2v) is 12.0. The molecule has 1 aromatic rings. The van der Waals surface area contributed by atoms with Gasteiger partial charge >= 0.3 is 10.4 Å². The van der Waals surface area contributed by atoms with Crippen LogP contribution >= 0.6 is 10.3 Å². The van der Waals surface area contributed by atoms with E-state index in [9.17, 15) is 13.2 Å². The highest BCUT2D eigenvalue weighted by Gasteiger charge is 2.35. The Hall–Kier alpha value is -0.930. The summed E-state index contributed by atoms with van der Waals surface area (Å²) in [7, 11) is -5.02. The van der Waals surface area contributed by atoms with Crippen molar-refractivity contribution in [2.75, 3.05) is 32.7 Å². The molecular weight excluding hydrogens is 374 g/mol. The first-order valence-corrected chi connectivity index (χ1v) is 12.4. The maximum Gasteiger partial charge on any atom is 0.409 e. The van der Waals surface area contributed by atoms with E-state index in [2.05, 4.69) is 9.08 Å². The number of ketones is 1. The fourth-order valence-corrected chi connectivity index (χ4v) is 6.15. The SMILES string of the molecule is COS(=O)(=O)OS(C)(C)c1ccc(C(=O)C(C)(C)N2CCCCC2)cc1. The van der Waals surface area contributed by atoms with Crippen molar-refractivity contribution in [3.05, 3.63) is 29.8 Å². The molecule has 1 aliphatic rings. The molecule has 1 fully saturated rings. The van der Waals surface area contributed by atoms with Crippen molar-refractivity contribution < 1.29 is 21.0 Å². The predicted octanol–water partition coefficient (Wildman–Crippen LogP) is 3.38. The first kappa shape index (κ1) is 21.4. The average molecular weight is 404 g/mol. The monoisotopic (exact) mass is 403 g/mol. The fourth-order valence-electron chi connectivity index (χ4n) is 3.16. The van der Waals surface area contributed by atoms with Gasteiger partial charge in [0.15, 0.2) is 5.78 Å². The molecule has 0 radical (unpaired) electrons. The number of carbonyl (C=O) groups excluding carboxylic acids is 1. The molecule has 0 aromatic heterocycles. The highest BCUT2D eigenvalue weighted by molar-refractivity contribution is 8.31. The summed E-state index contributed by atoms with van der Waals surface area (Å²) in [4.78, 5) is 16.0. The molecule has 0 saturated carbocycles. The van der Waals surface area contributed by atoms with Crippen molar-refractivity contribution in [2.24, 2.45) is 0 Å². The Morgan fingerprint density at radius 1 is 1.04 bits per heavy atom. The lowest BCUT2D eigenvalue weighted by molar-refractivity contribution is 0.0579. The van der Waals surface area contributed by atoms with Crippen molar-refractivity contribution in [3.8, 4) is 0 Å². The van der Waals surface area contributed by atoms with Crippen LogP contribution in [0.5, 0.6) is 0 Å². The molecule has 0 aliphatic carbocycles. The fraction of sp³-hybridized carbons (Fsp3) is 0.611. The van der Waals surface area contributed by atoms with E-state index in [-0.39, 0.29) is 5.78 Å². The molecule has 6 nitrogen and oxygen atoms in total. The van der Waals surface area contributed by atoms with Crippen LogP contribution in [0.25, 0.3) is 0 Å². The Morgan fingerprint density at radius 3 is 2.08 bits per heavy atom. The molecular formula is C18H29NO5S2. The number of hydrogen-bond donors (Lipinski definition) is 0. The normalized spacial score (nSPS) is 17.9. The molecule has 0 spiro atoms. The summed E-state index contributed by atoms with van der Waals surface area (Å²) in [5, 5.41) is 0. The summed E-state index contributed by atoms with van der Waals surface area (Å²) < 4.78 is 32.7. The second-order valence-electron chi connectivity index (χ2n) is 7.34. The van der Waals surface area contributed by atoms with Gasteiger partial charge in [0.2, 0.25) is 0 Å². The maximum atomic E-state index is 13.0. The van der Waals surface area contributed by atoms with E-state index in [1.54, 1.807) is 36.8 Å². The summed E-state index contributed by atoms with van der Waals surface area (Å²) in [6, 6.07) is 7.03. The zero-order valence-corrected chi connectivity index (χ0v) is 17.8. The highest BCUT2D eigenvalue weighted by Crippen LogP contribution is 2.51. The number of carbonyl (C=O) groups is 1. The van der Waals surface area contributed by atoms with Crippen molar-refractivity contribution in [1.82, 2.24) is 4.90 Å². The molecule has 8 heteroatoms. The lowest BCUT2D eigenvalue weighted by atomic mass is 9.89. The molecule has 2 rings (SSSR count). The van der Waals surface area contributed by atoms with Crippen LogP contribution in [0.4, 0.5) is 0 Å². The maximum absolute atomic E-state index is 13.0. The van der Waals surface area contributed by atoms with E-state index in [0.717, 1.165) is 37.9 Å². The highest BCUT2D eigenvalue weighted by atomic mass is 32.3. The summed E-state index contributed by atoms with van der Waals surface area (Å²) in [6.07, 6.45) is 6.91. The van der Waals surface area contributed by atoms with E-state index in [0.29, 0.717) is 5.56 Å². The Kier molecular flexibility index (Phi) is 6.56. The molecule has 1 aliphatic heterocycles. The number of nitrogens with zero attached hydrogens (tertiary/aromatic N) is 1. The van der Waals surface area contributed by atoms with Gasteiger partial charge in [-0.15, -0.1) is 0 Å². The van der Waals surface area contributed by atoms with E-state index >= 15 is 0 Å². The molecule has 1 heterocycles. The minimum Gasteiger partial charge on any atom is -0.292 e. The van der Waals surface area contributed by atoms with Crippen LogP contribution < -0.4 is 0 Å². The van der Waals surface area contributed by atoms with Crippen molar-refractivity contribution in [2.45, 2.75) is 43.5 Å². The number of likely N-dealkylation sites (tertiary alicyclic amines) is 1. The lowest BCUT2D eigenvalue weighted by Gasteiger charge is -2.39. The van der Waals surface area contributed by atoms with E-state index in [4.69, 9.17) is 3.63 Å². The molecule has 148 valence electrons. The zero-order chi connectivity index (χ0) is 19.6. The molecule has 26 heavy (non-hydrogen) atoms. The van der Waals surface area contributed by atoms with Gasteiger partial charge in [-0.1, -0.05) is 28.9 Å². The molecule has 1 saturated heterocycles. The van der Waals surface area contributed by atoms with Gasteiger partial charge in [0, 0.05) is 10.5 Å². The standard InChI is InChI=1S/C18H29NO5S2/c1-18(2,19-13-7-6-8-14-19)17(20)15-9-11-16(12-10-15)25(4,5)24-26(21,22)23-3/h9-12H,6-8,13-14H2,1-5H3. The molecule has 1 aromatic carbocycles. The zero-order valence-electron chi connectivity index (χ0n) is 16.1. The van der Waals surface area contributed by atoms with Crippen LogP contribution in [0.15, 0.2) is 29.2 Å². The summed E-state index contributed by atoms with van der Waals surface area (Å²) in [5.41, 5.74) is 0.0642.